The van der Waals surface area contributed by atoms with Gasteiger partial charge in [-0.05, 0) is 36.4 Å². The van der Waals surface area contributed by atoms with Crippen LogP contribution in [0.5, 0.6) is 0 Å². The van der Waals surface area contributed by atoms with Crippen LogP contribution in [-0.4, -0.2) is 15.5 Å². The minimum atomic E-state index is -0.0854. The van der Waals surface area contributed by atoms with E-state index >= 15 is 0 Å². The van der Waals surface area contributed by atoms with Gasteiger partial charge < -0.3 is 9.88 Å². The van der Waals surface area contributed by atoms with Gasteiger partial charge in [-0.2, -0.15) is 0 Å². The van der Waals surface area contributed by atoms with Gasteiger partial charge in [0.05, 0.1) is 11.0 Å². The second-order valence-electron chi connectivity index (χ2n) is 5.93. The summed E-state index contributed by atoms with van der Waals surface area (Å²) in [6.07, 6.45) is 0. The molecule has 26 heavy (non-hydrogen) atoms. The Labute approximate surface area is 159 Å². The van der Waals surface area contributed by atoms with Crippen molar-refractivity contribution in [2.45, 2.75) is 6.54 Å². The van der Waals surface area contributed by atoms with Crippen molar-refractivity contribution < 1.29 is 4.79 Å². The van der Waals surface area contributed by atoms with E-state index in [0.29, 0.717) is 0 Å². The van der Waals surface area contributed by atoms with E-state index in [4.69, 9.17) is 4.98 Å². The van der Waals surface area contributed by atoms with E-state index in [9.17, 15) is 4.79 Å². The highest BCUT2D eigenvalue weighted by Gasteiger charge is 2.15. The van der Waals surface area contributed by atoms with E-state index in [0.717, 1.165) is 32.6 Å². The Bertz CT molecular complexity index is 1060. The van der Waals surface area contributed by atoms with Crippen molar-refractivity contribution in [1.82, 2.24) is 9.55 Å². The summed E-state index contributed by atoms with van der Waals surface area (Å²) >= 11 is 3.46. The number of hydrogen-bond donors (Lipinski definition) is 1. The molecule has 1 heterocycles. The van der Waals surface area contributed by atoms with Crippen molar-refractivity contribution in [3.8, 4) is 11.4 Å². The summed E-state index contributed by atoms with van der Waals surface area (Å²) in [6, 6.07) is 25.3. The second-order valence-corrected chi connectivity index (χ2v) is 6.85. The van der Waals surface area contributed by atoms with Gasteiger partial charge in [-0.15, -0.1) is 0 Å². The van der Waals surface area contributed by atoms with E-state index in [1.807, 2.05) is 83.4 Å². The predicted molar refractivity (Wildman–Crippen MR) is 108 cm³/mol. The van der Waals surface area contributed by atoms with Crippen LogP contribution in [0.25, 0.3) is 22.4 Å². The number of para-hydroxylation sites is 3. The summed E-state index contributed by atoms with van der Waals surface area (Å²) in [5.74, 6) is 0.694. The maximum atomic E-state index is 12.6. The third-order valence-electron chi connectivity index (χ3n) is 4.12. The quantitative estimate of drug-likeness (QED) is 0.512. The van der Waals surface area contributed by atoms with E-state index < -0.39 is 0 Å². The Hall–Kier alpha value is -2.92. The molecule has 3 aromatic carbocycles. The molecule has 1 N–H and O–H groups in total. The van der Waals surface area contributed by atoms with Gasteiger partial charge >= 0.3 is 0 Å². The first-order valence-corrected chi connectivity index (χ1v) is 9.06. The lowest BCUT2D eigenvalue weighted by molar-refractivity contribution is -0.116. The lowest BCUT2D eigenvalue weighted by Gasteiger charge is -2.10. The highest BCUT2D eigenvalue weighted by atomic mass is 79.9. The van der Waals surface area contributed by atoms with Crippen molar-refractivity contribution in [2.75, 3.05) is 5.32 Å². The molecule has 1 amide bonds. The van der Waals surface area contributed by atoms with E-state index in [1.165, 1.54) is 0 Å². The smallest absolute Gasteiger partial charge is 0.244 e. The maximum Gasteiger partial charge on any atom is 0.244 e. The molecule has 0 saturated heterocycles. The van der Waals surface area contributed by atoms with Gasteiger partial charge in [0.1, 0.15) is 12.4 Å². The van der Waals surface area contributed by atoms with E-state index in [1.54, 1.807) is 0 Å². The topological polar surface area (TPSA) is 46.9 Å². The molecule has 4 nitrogen and oxygen atoms in total. The van der Waals surface area contributed by atoms with Gasteiger partial charge in [-0.1, -0.05) is 58.4 Å². The third kappa shape index (κ3) is 3.39. The molecule has 4 rings (SSSR count). The van der Waals surface area contributed by atoms with Crippen LogP contribution < -0.4 is 5.32 Å². The number of carbonyl (C=O) groups is 1. The van der Waals surface area contributed by atoms with Crippen LogP contribution in [0.2, 0.25) is 0 Å². The van der Waals surface area contributed by atoms with Gasteiger partial charge in [-0.3, -0.25) is 4.79 Å². The van der Waals surface area contributed by atoms with Crippen LogP contribution in [-0.2, 0) is 11.3 Å². The predicted octanol–water partition coefficient (Wildman–Crippen LogP) is 5.10. The zero-order valence-corrected chi connectivity index (χ0v) is 15.5. The molecule has 4 aromatic rings. The molecule has 0 saturated carbocycles. The third-order valence-corrected chi connectivity index (χ3v) is 4.64. The molecular formula is C21H16BrN3O. The SMILES string of the molecule is O=C(Cn1c(-c2ccc(Br)cc2)nc2ccccc21)Nc1ccccc1. The Balaban J connectivity index is 1.72. The van der Waals surface area contributed by atoms with Crippen LogP contribution in [0.3, 0.4) is 0 Å². The fraction of sp³-hybridized carbons (Fsp3) is 0.0476. The Morgan fingerprint density at radius 1 is 0.923 bits per heavy atom. The van der Waals surface area contributed by atoms with Gasteiger partial charge in [0, 0.05) is 15.7 Å². The molecule has 5 heteroatoms. The number of halogens is 1. The van der Waals surface area contributed by atoms with Crippen molar-refractivity contribution in [2.24, 2.45) is 0 Å². The van der Waals surface area contributed by atoms with Crippen molar-refractivity contribution in [1.29, 1.82) is 0 Å². The van der Waals surface area contributed by atoms with Crippen LogP contribution in [0, 0.1) is 0 Å². The fourth-order valence-corrected chi connectivity index (χ4v) is 3.18. The van der Waals surface area contributed by atoms with Crippen molar-refractivity contribution in [3.05, 3.63) is 83.3 Å². The number of benzene rings is 3. The summed E-state index contributed by atoms with van der Waals surface area (Å²) in [6.45, 7) is 0.195. The minimum absolute atomic E-state index is 0.0854. The number of fused-ring (bicyclic) bond motifs is 1. The number of carbonyl (C=O) groups excluding carboxylic acids is 1. The molecule has 0 aliphatic rings. The second kappa shape index (κ2) is 7.14. The molecule has 128 valence electrons. The first-order valence-electron chi connectivity index (χ1n) is 8.27. The summed E-state index contributed by atoms with van der Waals surface area (Å²) in [5.41, 5.74) is 3.57. The van der Waals surface area contributed by atoms with Crippen LogP contribution in [0.4, 0.5) is 5.69 Å². The molecule has 0 fully saturated rings. The number of aromatic nitrogens is 2. The zero-order valence-electron chi connectivity index (χ0n) is 13.9. The molecular weight excluding hydrogens is 390 g/mol. The first-order chi connectivity index (χ1) is 12.7. The molecule has 0 atom stereocenters. The summed E-state index contributed by atoms with van der Waals surface area (Å²) in [4.78, 5) is 17.3. The molecule has 0 aliphatic heterocycles. The highest BCUT2D eigenvalue weighted by Crippen LogP contribution is 2.26. The lowest BCUT2D eigenvalue weighted by Crippen LogP contribution is -2.19. The van der Waals surface area contributed by atoms with Gasteiger partial charge in [0.25, 0.3) is 0 Å². The van der Waals surface area contributed by atoms with E-state index in [2.05, 4.69) is 21.2 Å². The number of nitrogens with zero attached hydrogens (tertiary/aromatic N) is 2. The van der Waals surface area contributed by atoms with Gasteiger partial charge in [-0.25, -0.2) is 4.98 Å². The van der Waals surface area contributed by atoms with E-state index in [-0.39, 0.29) is 12.5 Å². The Kier molecular flexibility index (Phi) is 4.54. The number of anilines is 1. The lowest BCUT2D eigenvalue weighted by atomic mass is 10.2. The van der Waals surface area contributed by atoms with Crippen molar-refractivity contribution >= 4 is 38.6 Å². The summed E-state index contributed by atoms with van der Waals surface area (Å²) in [7, 11) is 0. The Morgan fingerprint density at radius 2 is 1.62 bits per heavy atom. The molecule has 0 aliphatic carbocycles. The summed E-state index contributed by atoms with van der Waals surface area (Å²) in [5, 5.41) is 2.94. The normalized spacial score (nSPS) is 10.8. The van der Waals surface area contributed by atoms with Crippen LogP contribution in [0.15, 0.2) is 83.3 Å². The number of rotatable bonds is 4. The van der Waals surface area contributed by atoms with Gasteiger partial charge in [0.15, 0.2) is 0 Å². The van der Waals surface area contributed by atoms with Crippen LogP contribution >= 0.6 is 15.9 Å². The highest BCUT2D eigenvalue weighted by molar-refractivity contribution is 9.10. The largest absolute Gasteiger partial charge is 0.325 e. The monoisotopic (exact) mass is 405 g/mol. The fourth-order valence-electron chi connectivity index (χ4n) is 2.92. The molecule has 0 spiro atoms. The summed E-state index contributed by atoms with van der Waals surface area (Å²) < 4.78 is 2.96. The number of amides is 1. The maximum absolute atomic E-state index is 12.6. The molecule has 0 unspecified atom stereocenters. The van der Waals surface area contributed by atoms with Gasteiger partial charge in [0.2, 0.25) is 5.91 Å². The molecule has 0 radical (unpaired) electrons. The minimum Gasteiger partial charge on any atom is -0.325 e. The first kappa shape index (κ1) is 16.5. The standard InChI is InChI=1S/C21H16BrN3O/c22-16-12-10-15(11-13-16)21-24-18-8-4-5-9-19(18)25(21)14-20(26)23-17-6-2-1-3-7-17/h1-13H,14H2,(H,23,26). The number of hydrogen-bond acceptors (Lipinski definition) is 2. The molecule has 0 bridgehead atoms. The van der Waals surface area contributed by atoms with Crippen molar-refractivity contribution in [3.63, 3.8) is 0 Å². The average molecular weight is 406 g/mol. The average Bonchev–Trinajstić information content (AvgIpc) is 3.02. The number of nitrogens with one attached hydrogen (secondary N) is 1. The van der Waals surface area contributed by atoms with Crippen LogP contribution in [0.1, 0.15) is 0 Å². The Morgan fingerprint density at radius 3 is 2.38 bits per heavy atom. The molecule has 1 aromatic heterocycles. The number of imidazole rings is 1. The zero-order chi connectivity index (χ0) is 17.9.